The van der Waals surface area contributed by atoms with Crippen LogP contribution in [0.5, 0.6) is 5.75 Å². The lowest BCUT2D eigenvalue weighted by Gasteiger charge is -2.18. The van der Waals surface area contributed by atoms with Gasteiger partial charge in [-0.1, -0.05) is 29.8 Å². The van der Waals surface area contributed by atoms with E-state index >= 15 is 0 Å². The molecule has 3 nitrogen and oxygen atoms in total. The van der Waals surface area contributed by atoms with Crippen molar-refractivity contribution in [2.45, 2.75) is 19.6 Å². The maximum absolute atomic E-state index is 9.18. The first-order chi connectivity index (χ1) is 9.63. The van der Waals surface area contributed by atoms with Crippen LogP contribution >= 0.6 is 11.6 Å². The molecule has 0 saturated carbocycles. The molecule has 0 fully saturated rings. The van der Waals surface area contributed by atoms with E-state index < -0.39 is 0 Å². The standard InChI is InChI=1S/C16H18ClNO2/c1-11(13-4-3-5-14(9-13)20-2)18-16-8-12(10-19)6-7-15(16)17/h3-9,11,18-19H,10H2,1-2H3. The zero-order valence-electron chi connectivity index (χ0n) is 11.6. The Morgan fingerprint density at radius 2 is 2.05 bits per heavy atom. The summed E-state index contributed by atoms with van der Waals surface area (Å²) >= 11 is 6.17. The number of benzene rings is 2. The lowest BCUT2D eigenvalue weighted by Crippen LogP contribution is -2.07. The van der Waals surface area contributed by atoms with Crippen molar-refractivity contribution in [3.05, 3.63) is 58.6 Å². The Kier molecular flexibility index (Phi) is 4.88. The maximum atomic E-state index is 9.18. The summed E-state index contributed by atoms with van der Waals surface area (Å²) in [6.45, 7) is 2.05. The molecule has 4 heteroatoms. The summed E-state index contributed by atoms with van der Waals surface area (Å²) in [5.41, 5.74) is 2.75. The number of ether oxygens (including phenoxy) is 1. The fourth-order valence-electron chi connectivity index (χ4n) is 2.01. The van der Waals surface area contributed by atoms with Gasteiger partial charge in [-0.3, -0.25) is 0 Å². The van der Waals surface area contributed by atoms with E-state index in [0.717, 1.165) is 22.6 Å². The minimum absolute atomic E-state index is 0.000605. The van der Waals surface area contributed by atoms with Crippen LogP contribution in [0.15, 0.2) is 42.5 Å². The number of halogens is 1. The highest BCUT2D eigenvalue weighted by atomic mass is 35.5. The second kappa shape index (κ2) is 6.64. The van der Waals surface area contributed by atoms with Gasteiger partial charge in [-0.25, -0.2) is 0 Å². The van der Waals surface area contributed by atoms with E-state index in [2.05, 4.69) is 12.2 Å². The summed E-state index contributed by atoms with van der Waals surface area (Å²) in [5.74, 6) is 0.825. The monoisotopic (exact) mass is 291 g/mol. The van der Waals surface area contributed by atoms with Crippen molar-refractivity contribution in [3.63, 3.8) is 0 Å². The fourth-order valence-corrected chi connectivity index (χ4v) is 2.18. The smallest absolute Gasteiger partial charge is 0.119 e. The summed E-state index contributed by atoms with van der Waals surface area (Å²) in [5, 5.41) is 13.2. The third-order valence-electron chi connectivity index (χ3n) is 3.18. The quantitative estimate of drug-likeness (QED) is 0.874. The molecule has 2 aromatic carbocycles. The molecule has 1 atom stereocenters. The first kappa shape index (κ1) is 14.7. The summed E-state index contributed by atoms with van der Waals surface area (Å²) in [4.78, 5) is 0. The number of methoxy groups -OCH3 is 1. The minimum Gasteiger partial charge on any atom is -0.497 e. The van der Waals surface area contributed by atoms with E-state index in [1.54, 1.807) is 13.2 Å². The highest BCUT2D eigenvalue weighted by molar-refractivity contribution is 6.33. The van der Waals surface area contributed by atoms with Gasteiger partial charge in [0.2, 0.25) is 0 Å². The first-order valence-corrected chi connectivity index (χ1v) is 6.81. The Morgan fingerprint density at radius 1 is 1.25 bits per heavy atom. The van der Waals surface area contributed by atoms with Gasteiger partial charge in [-0.05, 0) is 42.3 Å². The Morgan fingerprint density at radius 3 is 2.75 bits per heavy atom. The second-order valence-electron chi connectivity index (χ2n) is 4.61. The Hall–Kier alpha value is -1.71. The minimum atomic E-state index is -0.000605. The molecule has 2 rings (SSSR count). The molecule has 0 aliphatic carbocycles. The van der Waals surface area contributed by atoms with Gasteiger partial charge in [0.15, 0.2) is 0 Å². The Balaban J connectivity index is 2.20. The fraction of sp³-hybridized carbons (Fsp3) is 0.250. The number of hydrogen-bond donors (Lipinski definition) is 2. The molecule has 106 valence electrons. The van der Waals surface area contributed by atoms with E-state index in [9.17, 15) is 5.11 Å². The molecule has 20 heavy (non-hydrogen) atoms. The Labute approximate surface area is 124 Å². The molecule has 0 aliphatic heterocycles. The molecule has 0 radical (unpaired) electrons. The van der Waals surface area contributed by atoms with E-state index in [4.69, 9.17) is 16.3 Å². The van der Waals surface area contributed by atoms with Gasteiger partial charge in [-0.2, -0.15) is 0 Å². The van der Waals surface area contributed by atoms with Crippen molar-refractivity contribution in [2.75, 3.05) is 12.4 Å². The molecule has 0 aliphatic rings. The van der Waals surface area contributed by atoms with Crippen molar-refractivity contribution < 1.29 is 9.84 Å². The average molecular weight is 292 g/mol. The third kappa shape index (κ3) is 3.44. The molecule has 2 aromatic rings. The molecule has 0 bridgehead atoms. The summed E-state index contributed by atoms with van der Waals surface area (Å²) in [7, 11) is 1.65. The van der Waals surface area contributed by atoms with Crippen LogP contribution in [-0.4, -0.2) is 12.2 Å². The van der Waals surface area contributed by atoms with E-state index in [1.807, 2.05) is 36.4 Å². The van der Waals surface area contributed by atoms with Crippen LogP contribution < -0.4 is 10.1 Å². The van der Waals surface area contributed by atoms with Crippen molar-refractivity contribution in [1.29, 1.82) is 0 Å². The summed E-state index contributed by atoms with van der Waals surface area (Å²) in [6, 6.07) is 13.4. The van der Waals surface area contributed by atoms with Gasteiger partial charge in [0, 0.05) is 6.04 Å². The number of rotatable bonds is 5. The SMILES string of the molecule is COc1cccc(C(C)Nc2cc(CO)ccc2Cl)c1. The largest absolute Gasteiger partial charge is 0.497 e. The molecule has 0 heterocycles. The number of hydrogen-bond acceptors (Lipinski definition) is 3. The van der Waals surface area contributed by atoms with E-state index in [0.29, 0.717) is 5.02 Å². The van der Waals surface area contributed by atoms with Crippen LogP contribution in [0.25, 0.3) is 0 Å². The molecule has 0 amide bonds. The predicted molar refractivity (Wildman–Crippen MR) is 82.4 cm³/mol. The van der Waals surface area contributed by atoms with Crippen molar-refractivity contribution in [2.24, 2.45) is 0 Å². The number of aliphatic hydroxyl groups is 1. The van der Waals surface area contributed by atoms with Gasteiger partial charge in [0.05, 0.1) is 24.4 Å². The maximum Gasteiger partial charge on any atom is 0.119 e. The average Bonchev–Trinajstić information content (AvgIpc) is 2.49. The number of nitrogens with one attached hydrogen (secondary N) is 1. The lowest BCUT2D eigenvalue weighted by molar-refractivity contribution is 0.282. The molecule has 0 spiro atoms. The second-order valence-corrected chi connectivity index (χ2v) is 5.02. The molecular formula is C16H18ClNO2. The third-order valence-corrected chi connectivity index (χ3v) is 3.51. The summed E-state index contributed by atoms with van der Waals surface area (Å²) < 4.78 is 5.23. The van der Waals surface area contributed by atoms with Crippen molar-refractivity contribution in [3.8, 4) is 5.75 Å². The van der Waals surface area contributed by atoms with Gasteiger partial charge < -0.3 is 15.2 Å². The van der Waals surface area contributed by atoms with Gasteiger partial charge in [-0.15, -0.1) is 0 Å². The van der Waals surface area contributed by atoms with Gasteiger partial charge in [0.25, 0.3) is 0 Å². The highest BCUT2D eigenvalue weighted by Crippen LogP contribution is 2.28. The van der Waals surface area contributed by atoms with Crippen molar-refractivity contribution in [1.82, 2.24) is 0 Å². The molecule has 2 N–H and O–H groups in total. The summed E-state index contributed by atoms with van der Waals surface area (Å²) in [6.07, 6.45) is 0. The van der Waals surface area contributed by atoms with E-state index in [1.165, 1.54) is 0 Å². The predicted octanol–water partition coefficient (Wildman–Crippen LogP) is 4.01. The van der Waals surface area contributed by atoms with Crippen LogP contribution in [0.1, 0.15) is 24.1 Å². The lowest BCUT2D eigenvalue weighted by atomic mass is 10.1. The van der Waals surface area contributed by atoms with Gasteiger partial charge in [0.1, 0.15) is 5.75 Å². The van der Waals surface area contributed by atoms with E-state index in [-0.39, 0.29) is 12.6 Å². The van der Waals surface area contributed by atoms with Crippen molar-refractivity contribution >= 4 is 17.3 Å². The number of aliphatic hydroxyl groups excluding tert-OH is 1. The molecular weight excluding hydrogens is 274 g/mol. The Bertz CT molecular complexity index is 586. The van der Waals surface area contributed by atoms with Crippen LogP contribution in [-0.2, 0) is 6.61 Å². The van der Waals surface area contributed by atoms with Crippen LogP contribution in [0.2, 0.25) is 5.02 Å². The highest BCUT2D eigenvalue weighted by Gasteiger charge is 2.09. The number of anilines is 1. The normalized spacial score (nSPS) is 12.0. The van der Waals surface area contributed by atoms with Gasteiger partial charge >= 0.3 is 0 Å². The first-order valence-electron chi connectivity index (χ1n) is 6.44. The molecule has 0 saturated heterocycles. The zero-order chi connectivity index (χ0) is 14.5. The molecule has 1 unspecified atom stereocenters. The zero-order valence-corrected chi connectivity index (χ0v) is 12.3. The van der Waals surface area contributed by atoms with Crippen LogP contribution in [0, 0.1) is 0 Å². The van der Waals surface area contributed by atoms with Crippen LogP contribution in [0.4, 0.5) is 5.69 Å². The molecule has 0 aromatic heterocycles. The van der Waals surface area contributed by atoms with Crippen LogP contribution in [0.3, 0.4) is 0 Å². The topological polar surface area (TPSA) is 41.5 Å².